The van der Waals surface area contributed by atoms with Crippen LogP contribution in [-0.4, -0.2) is 39.7 Å². The van der Waals surface area contributed by atoms with Crippen LogP contribution in [0, 0.1) is 17.2 Å². The Kier molecular flexibility index (Phi) is 6.87. The highest BCUT2D eigenvalue weighted by atomic mass is 35.5. The molecule has 7 heteroatoms. The van der Waals surface area contributed by atoms with Gasteiger partial charge in [0, 0.05) is 31.2 Å². The molecule has 1 aromatic carbocycles. The van der Waals surface area contributed by atoms with Gasteiger partial charge in [0.25, 0.3) is 0 Å². The average Bonchev–Trinajstić information content (AvgIpc) is 3.42. The molecule has 2 aliphatic rings. The largest absolute Gasteiger partial charge is 0.341 e. The fraction of sp³-hybridized carbons (Fsp3) is 0.630. The Morgan fingerprint density at radius 2 is 1.79 bits per heavy atom. The second kappa shape index (κ2) is 9.27. The maximum absolute atomic E-state index is 14.3. The summed E-state index contributed by atoms with van der Waals surface area (Å²) in [4.78, 5) is 15.5. The Morgan fingerprint density at radius 3 is 2.35 bits per heavy atom. The van der Waals surface area contributed by atoms with Gasteiger partial charge >= 0.3 is 0 Å². The van der Waals surface area contributed by atoms with E-state index in [9.17, 15) is 9.18 Å². The lowest BCUT2D eigenvalue weighted by Crippen LogP contribution is -2.48. The van der Waals surface area contributed by atoms with E-state index < -0.39 is 5.82 Å². The van der Waals surface area contributed by atoms with Crippen LogP contribution in [0.2, 0.25) is 5.02 Å². The number of hydrogen-bond acceptors (Lipinski definition) is 3. The van der Waals surface area contributed by atoms with Gasteiger partial charge in [-0.05, 0) is 75.1 Å². The highest BCUT2D eigenvalue weighted by Gasteiger charge is 2.42. The number of rotatable bonds is 3. The molecule has 3 heterocycles. The van der Waals surface area contributed by atoms with Crippen molar-refractivity contribution in [3.63, 3.8) is 0 Å². The Morgan fingerprint density at radius 1 is 1.12 bits per heavy atom. The minimum Gasteiger partial charge on any atom is -0.341 e. The lowest BCUT2D eigenvalue weighted by Gasteiger charge is -2.39. The molecule has 34 heavy (non-hydrogen) atoms. The summed E-state index contributed by atoms with van der Waals surface area (Å²) in [5, 5.41) is 8.49. The molecular weight excluding hydrogens is 451 g/mol. The molecule has 1 aromatic heterocycles. The van der Waals surface area contributed by atoms with Gasteiger partial charge in [0.05, 0.1) is 22.3 Å². The molecule has 2 saturated heterocycles. The summed E-state index contributed by atoms with van der Waals surface area (Å²) in [6.45, 7) is 14.8. The second-order valence-corrected chi connectivity index (χ2v) is 12.4. The molecular formula is C27H38ClFN4O. The van der Waals surface area contributed by atoms with Crippen LogP contribution in [0.1, 0.15) is 84.0 Å². The van der Waals surface area contributed by atoms with E-state index in [1.165, 1.54) is 6.07 Å². The standard InChI is InChI=1S/C27H38ClFN4O/c1-26(2,3)18-9-12-32(13-10-18)25(34)23-16-19(22-11-14-33(31-22)27(4,5)6)24(30-23)17-7-8-20(28)21(29)15-17/h7-8,11,14-15,18-19,23-24,30H,9-10,12-13,16H2,1-6H3/t19?,23-,24-/m0/s1. The number of carbonyl (C=O) groups excluding carboxylic acids is 1. The van der Waals surface area contributed by atoms with Crippen LogP contribution in [0.25, 0.3) is 0 Å². The van der Waals surface area contributed by atoms with Crippen molar-refractivity contribution in [1.82, 2.24) is 20.0 Å². The van der Waals surface area contributed by atoms with E-state index >= 15 is 0 Å². The quantitative estimate of drug-likeness (QED) is 0.585. The van der Waals surface area contributed by atoms with Crippen molar-refractivity contribution < 1.29 is 9.18 Å². The topological polar surface area (TPSA) is 50.2 Å². The average molecular weight is 489 g/mol. The number of hydrogen-bond donors (Lipinski definition) is 1. The van der Waals surface area contributed by atoms with E-state index in [-0.39, 0.29) is 39.9 Å². The van der Waals surface area contributed by atoms with E-state index in [1.54, 1.807) is 6.07 Å². The number of halogens is 2. The molecule has 0 radical (unpaired) electrons. The highest BCUT2D eigenvalue weighted by Crippen LogP contribution is 2.42. The first kappa shape index (κ1) is 25.2. The van der Waals surface area contributed by atoms with Gasteiger partial charge in [-0.15, -0.1) is 0 Å². The number of aromatic nitrogens is 2. The van der Waals surface area contributed by atoms with Gasteiger partial charge < -0.3 is 4.90 Å². The van der Waals surface area contributed by atoms with Crippen LogP contribution < -0.4 is 5.32 Å². The summed E-state index contributed by atoms with van der Waals surface area (Å²) >= 11 is 5.95. The Hall–Kier alpha value is -1.92. The van der Waals surface area contributed by atoms with Crippen molar-refractivity contribution in [2.75, 3.05) is 13.1 Å². The van der Waals surface area contributed by atoms with Gasteiger partial charge in [-0.1, -0.05) is 38.4 Å². The zero-order chi connectivity index (χ0) is 24.8. The molecule has 4 rings (SSSR count). The van der Waals surface area contributed by atoms with Crippen molar-refractivity contribution in [3.8, 4) is 0 Å². The first-order valence-corrected chi connectivity index (χ1v) is 12.8. The van der Waals surface area contributed by atoms with Gasteiger partial charge in [-0.3, -0.25) is 14.8 Å². The van der Waals surface area contributed by atoms with Crippen LogP contribution >= 0.6 is 11.6 Å². The summed E-state index contributed by atoms with van der Waals surface area (Å²) < 4.78 is 16.3. The van der Waals surface area contributed by atoms with Crippen molar-refractivity contribution in [1.29, 1.82) is 0 Å². The third-order valence-electron chi connectivity index (χ3n) is 7.58. The van der Waals surface area contributed by atoms with E-state index in [4.69, 9.17) is 16.7 Å². The zero-order valence-corrected chi connectivity index (χ0v) is 22.0. The normalized spacial score (nSPS) is 24.6. The smallest absolute Gasteiger partial charge is 0.239 e. The van der Waals surface area contributed by atoms with Crippen LogP contribution in [0.4, 0.5) is 4.39 Å². The first-order chi connectivity index (χ1) is 15.8. The maximum atomic E-state index is 14.3. The number of piperidine rings is 1. The predicted molar refractivity (Wildman–Crippen MR) is 134 cm³/mol. The van der Waals surface area contributed by atoms with Crippen LogP contribution in [0.15, 0.2) is 30.5 Å². The van der Waals surface area contributed by atoms with E-state index in [2.05, 4.69) is 46.9 Å². The van der Waals surface area contributed by atoms with E-state index in [1.807, 2.05) is 27.9 Å². The molecule has 5 nitrogen and oxygen atoms in total. The molecule has 0 aliphatic carbocycles. The molecule has 0 spiro atoms. The number of amides is 1. The number of nitrogens with one attached hydrogen (secondary N) is 1. The fourth-order valence-corrected chi connectivity index (χ4v) is 5.50. The molecule has 1 N–H and O–H groups in total. The molecule has 0 saturated carbocycles. The van der Waals surface area contributed by atoms with Crippen LogP contribution in [0.5, 0.6) is 0 Å². The summed E-state index contributed by atoms with van der Waals surface area (Å²) in [6.07, 6.45) is 4.69. The molecule has 186 valence electrons. The minimum atomic E-state index is -0.445. The molecule has 2 aliphatic heterocycles. The lowest BCUT2D eigenvalue weighted by molar-refractivity contribution is -0.135. The van der Waals surface area contributed by atoms with Gasteiger partial charge in [-0.25, -0.2) is 4.39 Å². The van der Waals surface area contributed by atoms with E-state index in [0.29, 0.717) is 12.3 Å². The SMILES string of the molecule is CC(C)(C)C1CCN(C(=O)[C@@H]2CC(c3ccn(C(C)(C)C)n3)[C@H](c3ccc(Cl)c(F)c3)N2)CC1. The molecule has 3 atom stereocenters. The van der Waals surface area contributed by atoms with Gasteiger partial charge in [0.1, 0.15) is 5.82 Å². The molecule has 0 bridgehead atoms. The zero-order valence-electron chi connectivity index (χ0n) is 21.2. The predicted octanol–water partition coefficient (Wildman–Crippen LogP) is 5.90. The first-order valence-electron chi connectivity index (χ1n) is 12.4. The summed E-state index contributed by atoms with van der Waals surface area (Å²) in [5.74, 6) is 0.292. The van der Waals surface area contributed by atoms with Crippen LogP contribution in [-0.2, 0) is 10.3 Å². The third kappa shape index (κ3) is 5.18. The van der Waals surface area contributed by atoms with Crippen molar-refractivity contribution in [2.45, 2.75) is 84.3 Å². The molecule has 1 amide bonds. The minimum absolute atomic E-state index is 0.0368. The lowest BCUT2D eigenvalue weighted by atomic mass is 9.75. The monoisotopic (exact) mass is 488 g/mol. The summed E-state index contributed by atoms with van der Waals surface area (Å²) in [7, 11) is 0. The van der Waals surface area contributed by atoms with Gasteiger partial charge in [-0.2, -0.15) is 5.10 Å². The summed E-state index contributed by atoms with van der Waals surface area (Å²) in [5.41, 5.74) is 1.84. The van der Waals surface area contributed by atoms with Crippen molar-refractivity contribution in [3.05, 3.63) is 52.6 Å². The maximum Gasteiger partial charge on any atom is 0.239 e. The van der Waals surface area contributed by atoms with Crippen molar-refractivity contribution >= 4 is 17.5 Å². The van der Waals surface area contributed by atoms with Gasteiger partial charge in [0.2, 0.25) is 5.91 Å². The highest BCUT2D eigenvalue weighted by molar-refractivity contribution is 6.30. The summed E-state index contributed by atoms with van der Waals surface area (Å²) in [6, 6.07) is 6.41. The third-order valence-corrected chi connectivity index (χ3v) is 7.89. The Labute approximate surface area is 208 Å². The van der Waals surface area contributed by atoms with Crippen molar-refractivity contribution in [2.24, 2.45) is 11.3 Å². The number of likely N-dealkylation sites (tertiary alicyclic amines) is 1. The number of nitrogens with zero attached hydrogens (tertiary/aromatic N) is 3. The second-order valence-electron chi connectivity index (χ2n) is 12.0. The Balaban J connectivity index is 1.57. The van der Waals surface area contributed by atoms with Crippen LogP contribution in [0.3, 0.4) is 0 Å². The van der Waals surface area contributed by atoms with E-state index in [0.717, 1.165) is 37.2 Å². The molecule has 1 unspecified atom stereocenters. The molecule has 2 aromatic rings. The number of carbonyl (C=O) groups is 1. The van der Waals surface area contributed by atoms with Gasteiger partial charge in [0.15, 0.2) is 0 Å². The Bertz CT molecular complexity index is 1030. The fourth-order valence-electron chi connectivity index (χ4n) is 5.38. The molecule has 2 fully saturated rings. The number of benzene rings is 1.